The zero-order chi connectivity index (χ0) is 11.2. The maximum absolute atomic E-state index is 5.78. The summed E-state index contributed by atoms with van der Waals surface area (Å²) < 4.78 is 15.9. The van der Waals surface area contributed by atoms with E-state index in [0.717, 1.165) is 6.54 Å². The monoisotopic (exact) mass is 222 g/mol. The van der Waals surface area contributed by atoms with Crippen LogP contribution in [0.5, 0.6) is 0 Å². The Morgan fingerprint density at radius 3 is 1.93 bits per heavy atom. The minimum Gasteiger partial charge on any atom is -0.377 e. The van der Waals surface area contributed by atoms with Crippen molar-refractivity contribution in [1.82, 2.24) is 5.01 Å². The van der Waals surface area contributed by atoms with Crippen LogP contribution in [-0.2, 0) is 13.3 Å². The molecule has 6 heteroatoms. The normalized spacial score (nSPS) is 14.8. The molecule has 0 spiro atoms. The molecule has 0 aliphatic heterocycles. The Morgan fingerprint density at radius 1 is 1.21 bits per heavy atom. The van der Waals surface area contributed by atoms with Crippen LogP contribution in [0, 0.1) is 0 Å². The standard InChI is InChI=1S/C8H22N2O3Si/c1-6-10(9)8(2)7-14(11-3,12-4)13-5/h8H,6-7,9H2,1-5H3. The fourth-order valence-corrected chi connectivity index (χ4v) is 3.25. The van der Waals surface area contributed by atoms with Gasteiger partial charge in [0.1, 0.15) is 0 Å². The van der Waals surface area contributed by atoms with Crippen molar-refractivity contribution in [1.29, 1.82) is 0 Å². The summed E-state index contributed by atoms with van der Waals surface area (Å²) in [6, 6.07) is 0.882. The minimum atomic E-state index is -2.48. The van der Waals surface area contributed by atoms with E-state index >= 15 is 0 Å². The van der Waals surface area contributed by atoms with Crippen molar-refractivity contribution in [3.8, 4) is 0 Å². The van der Waals surface area contributed by atoms with Gasteiger partial charge >= 0.3 is 8.80 Å². The number of hydrogen-bond donors (Lipinski definition) is 1. The first kappa shape index (κ1) is 14.0. The predicted octanol–water partition coefficient (Wildman–Crippen LogP) is 0.449. The van der Waals surface area contributed by atoms with Gasteiger partial charge < -0.3 is 13.3 Å². The number of nitrogens with zero attached hydrogens (tertiary/aromatic N) is 1. The van der Waals surface area contributed by atoms with E-state index in [1.807, 2.05) is 13.8 Å². The van der Waals surface area contributed by atoms with Crippen LogP contribution in [0.4, 0.5) is 0 Å². The molecule has 0 saturated heterocycles. The van der Waals surface area contributed by atoms with Crippen LogP contribution in [0.2, 0.25) is 6.04 Å². The van der Waals surface area contributed by atoms with Gasteiger partial charge in [-0.1, -0.05) is 6.92 Å². The van der Waals surface area contributed by atoms with Crippen LogP contribution >= 0.6 is 0 Å². The van der Waals surface area contributed by atoms with E-state index in [4.69, 9.17) is 19.1 Å². The molecule has 1 unspecified atom stereocenters. The van der Waals surface area contributed by atoms with Crippen molar-refractivity contribution >= 4 is 8.80 Å². The Bertz CT molecular complexity index is 147. The van der Waals surface area contributed by atoms with E-state index < -0.39 is 8.80 Å². The molecule has 0 amide bonds. The van der Waals surface area contributed by atoms with Crippen LogP contribution in [0.1, 0.15) is 13.8 Å². The lowest BCUT2D eigenvalue weighted by Gasteiger charge is -2.30. The van der Waals surface area contributed by atoms with Crippen molar-refractivity contribution in [2.45, 2.75) is 25.9 Å². The minimum absolute atomic E-state index is 0.187. The highest BCUT2D eigenvalue weighted by Gasteiger charge is 2.40. The summed E-state index contributed by atoms with van der Waals surface area (Å²) in [6.07, 6.45) is 0. The van der Waals surface area contributed by atoms with E-state index in [0.29, 0.717) is 6.04 Å². The van der Waals surface area contributed by atoms with Crippen LogP contribution in [-0.4, -0.2) is 47.7 Å². The largest absolute Gasteiger partial charge is 0.501 e. The third-order valence-corrected chi connectivity index (χ3v) is 5.37. The highest BCUT2D eigenvalue weighted by Crippen LogP contribution is 2.16. The van der Waals surface area contributed by atoms with Gasteiger partial charge in [0.25, 0.3) is 0 Å². The Hall–Kier alpha value is 0.0169. The molecule has 14 heavy (non-hydrogen) atoms. The van der Waals surface area contributed by atoms with Gasteiger partial charge in [-0.05, 0) is 6.92 Å². The predicted molar refractivity (Wildman–Crippen MR) is 57.6 cm³/mol. The van der Waals surface area contributed by atoms with Crippen LogP contribution in [0.15, 0.2) is 0 Å². The van der Waals surface area contributed by atoms with Crippen molar-refractivity contribution < 1.29 is 13.3 Å². The second-order valence-corrected chi connectivity index (χ2v) is 6.18. The number of hydrazine groups is 1. The molecule has 0 aromatic rings. The van der Waals surface area contributed by atoms with E-state index in [-0.39, 0.29) is 6.04 Å². The second-order valence-electron chi connectivity index (χ2n) is 3.18. The third-order valence-electron chi connectivity index (χ3n) is 2.41. The van der Waals surface area contributed by atoms with Crippen LogP contribution < -0.4 is 5.84 Å². The first-order valence-corrected chi connectivity index (χ1v) is 6.65. The summed E-state index contributed by atoms with van der Waals surface area (Å²) in [7, 11) is 2.35. The SMILES string of the molecule is CCN(N)C(C)C[Si](OC)(OC)OC. The Morgan fingerprint density at radius 2 is 1.64 bits per heavy atom. The van der Waals surface area contributed by atoms with E-state index in [9.17, 15) is 0 Å². The highest BCUT2D eigenvalue weighted by molar-refractivity contribution is 6.60. The number of rotatable bonds is 7. The number of hydrogen-bond acceptors (Lipinski definition) is 5. The van der Waals surface area contributed by atoms with Gasteiger partial charge in [-0.3, -0.25) is 5.84 Å². The highest BCUT2D eigenvalue weighted by atomic mass is 28.4. The summed E-state index contributed by atoms with van der Waals surface area (Å²) in [6.45, 7) is 4.83. The van der Waals surface area contributed by atoms with Crippen molar-refractivity contribution in [2.75, 3.05) is 27.9 Å². The van der Waals surface area contributed by atoms with Crippen molar-refractivity contribution in [2.24, 2.45) is 5.84 Å². The van der Waals surface area contributed by atoms with Gasteiger partial charge in [-0.2, -0.15) is 0 Å². The Kier molecular flexibility index (Phi) is 6.50. The molecular formula is C8H22N2O3Si. The van der Waals surface area contributed by atoms with Crippen LogP contribution in [0.3, 0.4) is 0 Å². The van der Waals surface area contributed by atoms with Gasteiger partial charge in [-0.25, -0.2) is 5.01 Å². The zero-order valence-electron chi connectivity index (χ0n) is 9.74. The van der Waals surface area contributed by atoms with Gasteiger partial charge in [-0.15, -0.1) is 0 Å². The quantitative estimate of drug-likeness (QED) is 0.385. The molecule has 0 aliphatic carbocycles. The molecule has 2 N–H and O–H groups in total. The summed E-state index contributed by atoms with van der Waals surface area (Å²) in [5.74, 6) is 5.78. The average molecular weight is 222 g/mol. The lowest BCUT2D eigenvalue weighted by Crippen LogP contribution is -2.50. The molecule has 0 fully saturated rings. The van der Waals surface area contributed by atoms with Gasteiger partial charge in [0.05, 0.1) is 0 Å². The Labute approximate surface area is 87.5 Å². The van der Waals surface area contributed by atoms with Gasteiger partial charge in [0.2, 0.25) is 0 Å². The summed E-state index contributed by atoms with van der Waals surface area (Å²) in [5, 5.41) is 1.75. The molecule has 0 bridgehead atoms. The maximum atomic E-state index is 5.78. The van der Waals surface area contributed by atoms with Crippen molar-refractivity contribution in [3.05, 3.63) is 0 Å². The van der Waals surface area contributed by atoms with Crippen LogP contribution in [0.25, 0.3) is 0 Å². The van der Waals surface area contributed by atoms with Crippen molar-refractivity contribution in [3.63, 3.8) is 0 Å². The summed E-state index contributed by atoms with van der Waals surface area (Å²) in [4.78, 5) is 0. The van der Waals surface area contributed by atoms with Gasteiger partial charge in [0, 0.05) is 40.0 Å². The second kappa shape index (κ2) is 6.49. The Balaban J connectivity index is 4.28. The first-order chi connectivity index (χ1) is 6.55. The van der Waals surface area contributed by atoms with E-state index in [2.05, 4.69) is 0 Å². The molecule has 5 nitrogen and oxygen atoms in total. The molecule has 0 aromatic carbocycles. The molecule has 86 valence electrons. The molecule has 0 rings (SSSR count). The lowest BCUT2D eigenvalue weighted by molar-refractivity contribution is 0.109. The third kappa shape index (κ3) is 3.64. The zero-order valence-corrected chi connectivity index (χ0v) is 10.7. The summed E-state index contributed by atoms with van der Waals surface area (Å²) in [5.41, 5.74) is 0. The summed E-state index contributed by atoms with van der Waals surface area (Å²) >= 11 is 0. The molecule has 1 atom stereocenters. The molecular weight excluding hydrogens is 200 g/mol. The first-order valence-electron chi connectivity index (χ1n) is 4.72. The van der Waals surface area contributed by atoms with E-state index in [1.165, 1.54) is 0 Å². The smallest absolute Gasteiger partial charge is 0.377 e. The molecule has 0 aromatic heterocycles. The fourth-order valence-electron chi connectivity index (χ4n) is 1.29. The van der Waals surface area contributed by atoms with Gasteiger partial charge in [0.15, 0.2) is 0 Å². The lowest BCUT2D eigenvalue weighted by atomic mass is 10.4. The van der Waals surface area contributed by atoms with E-state index in [1.54, 1.807) is 26.3 Å². The maximum Gasteiger partial charge on any atom is 0.501 e. The number of nitrogens with two attached hydrogens (primary N) is 1. The average Bonchev–Trinajstić information content (AvgIpc) is 2.24. The molecule has 0 radical (unpaired) electrons. The molecule has 0 saturated carbocycles. The topological polar surface area (TPSA) is 57.0 Å². The fraction of sp³-hybridized carbons (Fsp3) is 1.00. The molecule has 0 aliphatic rings. The molecule has 0 heterocycles.